The molecule has 0 unspecified atom stereocenters. The van der Waals surface area contributed by atoms with Crippen molar-refractivity contribution in [2.45, 2.75) is 53.6 Å². The third-order valence-electron chi connectivity index (χ3n) is 11.0. The highest BCUT2D eigenvalue weighted by molar-refractivity contribution is 8.77. The van der Waals surface area contributed by atoms with Crippen LogP contribution in [0, 0.1) is 66.5 Å². The van der Waals surface area contributed by atoms with E-state index < -0.39 is 92.4 Å². The van der Waals surface area contributed by atoms with Gasteiger partial charge < -0.3 is 39.6 Å². The van der Waals surface area contributed by atoms with Crippen LogP contribution in [0.5, 0.6) is 17.2 Å². The number of nitrogens with zero attached hydrogens (tertiary/aromatic N) is 8. The number of benzene rings is 3. The van der Waals surface area contributed by atoms with Crippen LogP contribution >= 0.6 is 158 Å². The molecule has 3 aromatic heterocycles. The molecule has 3 aromatic carbocycles. The number of nitro groups is 1. The number of thiol groups is 1. The largest absolute Gasteiger partial charge is 0.513 e. The summed E-state index contributed by atoms with van der Waals surface area (Å²) in [4.78, 5) is 88.4. The van der Waals surface area contributed by atoms with Gasteiger partial charge in [-0.05, 0) is 119 Å². The number of ether oxygens (including phenoxy) is 5. The number of alkyl halides is 4. The summed E-state index contributed by atoms with van der Waals surface area (Å²) in [6, 6.07) is 22.2. The number of carbonyl (C=O) groups is 4. The Labute approximate surface area is 666 Å². The van der Waals surface area contributed by atoms with E-state index in [0.717, 1.165) is 20.8 Å². The molecular weight excluding hydrogens is 1700 g/mol. The number of esters is 1. The predicted molar refractivity (Wildman–Crippen MR) is 411 cm³/mol. The number of hydrogen-bond donors (Lipinski definition) is 4. The second kappa shape index (κ2) is 63.4. The molecule has 0 aliphatic heterocycles. The van der Waals surface area contributed by atoms with Gasteiger partial charge in [-0.3, -0.25) is 14.9 Å². The number of hydrogen-bond acceptors (Lipinski definition) is 30. The number of amides is 2. The number of phenols is 2. The molecule has 0 fully saturated rings. The van der Waals surface area contributed by atoms with Crippen molar-refractivity contribution in [3.8, 4) is 17.2 Å². The average Bonchev–Trinajstić information content (AvgIpc) is 0.808. The minimum absolute atomic E-state index is 0. The highest BCUT2D eigenvalue weighted by Gasteiger charge is 2.26. The van der Waals surface area contributed by atoms with Gasteiger partial charge in [0.05, 0.1) is 28.6 Å². The lowest BCUT2D eigenvalue weighted by molar-refractivity contribution is -0.384. The number of rotatable bonds is 38. The Kier molecular flexibility index (Phi) is 60.1. The lowest BCUT2D eigenvalue weighted by atomic mass is 10.1. The van der Waals surface area contributed by atoms with Crippen LogP contribution in [0.15, 0.2) is 123 Å². The SMILES string of the molecule is Cl.NCCCl.O=C(CCCCl)OCCSSc1ccccn1.O=C(OCCSSc1ccccn1)Oc1ccc([N+](=O)[O-])cc1.O=NN(CCCl)C(=O)OCCSSCCCc1c(F)c(F)c(O)c(F)c1F.O=NN(CCCl)C(=O)OCCSSc1ccccn1.Oc1c(F)c(F)c(CCCS)c(F)c1F. The number of nitro benzene ring substituents is 1. The van der Waals surface area contributed by atoms with Crippen LogP contribution in [0.1, 0.15) is 36.8 Å². The van der Waals surface area contributed by atoms with Gasteiger partial charge in [0.15, 0.2) is 34.8 Å². The first kappa shape index (κ1) is 101. The van der Waals surface area contributed by atoms with E-state index in [2.05, 4.69) is 38.2 Å². The molecule has 106 heavy (non-hydrogen) atoms. The lowest BCUT2D eigenvalue weighted by Crippen LogP contribution is -2.28. The number of halogens is 13. The van der Waals surface area contributed by atoms with E-state index in [9.17, 15) is 74.2 Å². The first-order valence-electron chi connectivity index (χ1n) is 29.8. The van der Waals surface area contributed by atoms with Crippen LogP contribution in [0.3, 0.4) is 0 Å². The Morgan fingerprint density at radius 3 is 1.25 bits per heavy atom. The molecule has 3 heterocycles. The number of nitroso groups, excluding NO2 is 2. The smallest absolute Gasteiger partial charge is 0.503 e. The number of pyridine rings is 3. The summed E-state index contributed by atoms with van der Waals surface area (Å²) in [6.45, 7) is 1.38. The number of non-ortho nitro benzene ring substituents is 1. The first-order chi connectivity index (χ1) is 50.5. The molecule has 24 nitrogen and oxygen atoms in total. The molecule has 0 saturated heterocycles. The fourth-order valence-corrected chi connectivity index (χ4v) is 13.9. The van der Waals surface area contributed by atoms with Gasteiger partial charge in [-0.25, -0.2) is 46.9 Å². The van der Waals surface area contributed by atoms with Crippen molar-refractivity contribution in [1.82, 2.24) is 25.0 Å². The number of nitrogens with two attached hydrogens (primary N) is 1. The number of aromatic nitrogens is 3. The molecule has 2 amide bonds. The molecular formula is C60H68Cl5F8N9O15S9. The Bertz CT molecular complexity index is 3450. The van der Waals surface area contributed by atoms with Gasteiger partial charge in [-0.1, -0.05) is 72.2 Å². The van der Waals surface area contributed by atoms with Gasteiger partial charge in [0, 0.05) is 107 Å². The van der Waals surface area contributed by atoms with E-state index in [1.54, 1.807) is 40.2 Å². The van der Waals surface area contributed by atoms with Crippen LogP contribution in [0.2, 0.25) is 0 Å². The minimum Gasteiger partial charge on any atom is -0.503 e. The van der Waals surface area contributed by atoms with Crippen LogP contribution < -0.4 is 10.5 Å². The fraction of sp³-hybridized carbons (Fsp3) is 0.383. The van der Waals surface area contributed by atoms with Crippen LogP contribution in [0.25, 0.3) is 0 Å². The van der Waals surface area contributed by atoms with E-state index in [1.165, 1.54) is 89.0 Å². The summed E-state index contributed by atoms with van der Waals surface area (Å²) in [6.07, 6.45) is 3.78. The van der Waals surface area contributed by atoms with Crippen molar-refractivity contribution >= 4 is 188 Å². The van der Waals surface area contributed by atoms with E-state index in [0.29, 0.717) is 76.5 Å². The van der Waals surface area contributed by atoms with Crippen molar-refractivity contribution in [3.63, 3.8) is 0 Å². The summed E-state index contributed by atoms with van der Waals surface area (Å²) in [7, 11) is 11.8. The fourth-order valence-electron chi connectivity index (χ4n) is 6.31. The van der Waals surface area contributed by atoms with Crippen molar-refractivity contribution in [2.24, 2.45) is 16.3 Å². The van der Waals surface area contributed by atoms with E-state index >= 15 is 0 Å². The standard InChI is InChI=1S/C14H15ClF4N2O4S2.C14H12N2O5S2.C11H14ClNO2S2.C10H12ClN3O3S2.C9H8F4OS.C2H6ClN.ClH/c15-3-4-21(20-24)14(23)25-5-7-27-26-6-1-2-8-9(16)11(18)13(22)12(19)10(8)17;17-14(21-12-6-4-11(5-7-12)16(18)19)20-9-10-22-23-13-3-1-2-8-15-13;12-6-3-5-11(14)15-8-9-16-17-10-4-1-2-7-13-10;11-4-6-14(13-16)10(15)17-7-8-18-19-9-3-1-2-5-12-9;10-5-4(2-1-3-15)6(11)8(13)9(14)7(5)12;3-1-2-4;/h22H,1-7H2;1-8H,9-10H2;1-2,4,7H,3,5-6,8-9H2;1-3,5H,4,6-8H2;14-15H,1-3H2;1-2,4H2;1H. The zero-order valence-corrected chi connectivity index (χ0v) is 66.3. The van der Waals surface area contributed by atoms with Crippen molar-refractivity contribution in [2.75, 3.05) is 104 Å². The van der Waals surface area contributed by atoms with Gasteiger partial charge >= 0.3 is 24.3 Å². The van der Waals surface area contributed by atoms with Crippen LogP contribution in [-0.2, 0) is 36.6 Å². The molecule has 6 rings (SSSR count). The molecule has 0 radical (unpaired) electrons. The summed E-state index contributed by atoms with van der Waals surface area (Å²) >= 11 is 25.1. The van der Waals surface area contributed by atoms with Crippen molar-refractivity contribution in [3.05, 3.63) is 175 Å². The normalized spacial score (nSPS) is 10.1. The Balaban J connectivity index is 0.00000130. The van der Waals surface area contributed by atoms with Gasteiger partial charge in [0.25, 0.3) is 5.69 Å². The monoisotopic (exact) mass is 1770 g/mol. The molecule has 0 spiro atoms. The zero-order chi connectivity index (χ0) is 78.2. The van der Waals surface area contributed by atoms with Crippen LogP contribution in [-0.4, -0.2) is 169 Å². The van der Waals surface area contributed by atoms with Crippen LogP contribution in [0.4, 0.5) is 55.2 Å². The zero-order valence-electron chi connectivity index (χ0n) is 55.0. The van der Waals surface area contributed by atoms with Crippen molar-refractivity contribution < 1.29 is 93.1 Å². The first-order valence-corrected chi connectivity index (χ1v) is 42.0. The summed E-state index contributed by atoms with van der Waals surface area (Å²) in [5, 5.41) is 37.0. The van der Waals surface area contributed by atoms with Crippen molar-refractivity contribution in [1.29, 1.82) is 0 Å². The Morgan fingerprint density at radius 2 is 0.906 bits per heavy atom. The maximum Gasteiger partial charge on any atom is 0.513 e. The number of carbonyl (C=O) groups excluding carboxylic acids is 4. The Morgan fingerprint density at radius 1 is 0.528 bits per heavy atom. The second-order valence-electron chi connectivity index (χ2n) is 18.4. The second-order valence-corrected chi connectivity index (χ2v) is 30.4. The summed E-state index contributed by atoms with van der Waals surface area (Å²) in [5.74, 6) is -12.5. The highest BCUT2D eigenvalue weighted by Crippen LogP contribution is 2.34. The average molecular weight is 1770 g/mol. The van der Waals surface area contributed by atoms with E-state index in [-0.39, 0.29) is 100 Å². The third-order valence-corrected chi connectivity index (χ3v) is 21.3. The molecule has 0 bridgehead atoms. The van der Waals surface area contributed by atoms with E-state index in [1.807, 2.05) is 54.6 Å². The van der Waals surface area contributed by atoms with Gasteiger partial charge in [-0.2, -0.15) is 40.2 Å². The highest BCUT2D eigenvalue weighted by atomic mass is 35.5. The molecule has 0 aliphatic carbocycles. The molecule has 0 aliphatic rings. The quantitative estimate of drug-likeness (QED) is 0.00227. The number of phenolic OH excluding ortho intramolecular Hbond substituents is 2. The molecule has 0 atom stereocenters. The maximum atomic E-state index is 13.6. The predicted octanol–water partition coefficient (Wildman–Crippen LogP) is 18.5. The molecule has 0 saturated carbocycles. The molecule has 46 heteroatoms. The van der Waals surface area contributed by atoms with E-state index in [4.69, 9.17) is 86.0 Å². The van der Waals surface area contributed by atoms with Gasteiger partial charge in [0.1, 0.15) is 47.3 Å². The van der Waals surface area contributed by atoms with Gasteiger partial charge in [0.2, 0.25) is 23.3 Å². The molecule has 6 aromatic rings. The summed E-state index contributed by atoms with van der Waals surface area (Å²) in [5.41, 5.74) is 3.36. The lowest BCUT2D eigenvalue weighted by Gasteiger charge is -2.11. The van der Waals surface area contributed by atoms with Gasteiger partial charge in [-0.15, -0.1) is 68.6 Å². The topological polar surface area (TPSA) is 328 Å². The molecule has 4 N–H and O–H groups in total. The maximum absolute atomic E-state index is 13.6. The third kappa shape index (κ3) is 43.7. The Hall–Kier alpha value is -5.41. The molecule has 588 valence electrons. The number of aromatic hydroxyl groups is 2. The minimum atomic E-state index is -1.82. The summed E-state index contributed by atoms with van der Waals surface area (Å²) < 4.78 is 130.